The smallest absolute Gasteiger partial charge is 0.0558 e. The maximum Gasteiger partial charge on any atom is 0.0558 e. The number of pyridine rings is 1. The molecule has 0 atom stereocenters. The Morgan fingerprint density at radius 3 is 2.47 bits per heavy atom. The second kappa shape index (κ2) is 6.81. The van der Waals surface area contributed by atoms with Crippen LogP contribution in [0.15, 0.2) is 18.3 Å². The lowest BCUT2D eigenvalue weighted by molar-refractivity contribution is 0.263. The third-order valence-corrected chi connectivity index (χ3v) is 2.48. The zero-order valence-electron chi connectivity index (χ0n) is 9.54. The van der Waals surface area contributed by atoms with Crippen molar-refractivity contribution in [1.82, 2.24) is 9.88 Å². The van der Waals surface area contributed by atoms with Gasteiger partial charge in [-0.25, -0.2) is 0 Å². The van der Waals surface area contributed by atoms with Gasteiger partial charge in [-0.2, -0.15) is 0 Å². The molecule has 0 N–H and O–H groups in total. The average molecular weight is 227 g/mol. The summed E-state index contributed by atoms with van der Waals surface area (Å²) in [5.41, 5.74) is 1.06. The van der Waals surface area contributed by atoms with E-state index in [4.69, 9.17) is 11.6 Å². The zero-order chi connectivity index (χ0) is 11.1. The summed E-state index contributed by atoms with van der Waals surface area (Å²) in [7, 11) is 0. The third kappa shape index (κ3) is 4.63. The highest BCUT2D eigenvalue weighted by Crippen LogP contribution is 2.10. The van der Waals surface area contributed by atoms with Crippen molar-refractivity contribution < 1.29 is 0 Å². The number of aromatic nitrogens is 1. The molecule has 0 unspecified atom stereocenters. The van der Waals surface area contributed by atoms with Gasteiger partial charge in [0.2, 0.25) is 0 Å². The van der Waals surface area contributed by atoms with E-state index in [-0.39, 0.29) is 0 Å². The van der Waals surface area contributed by atoms with Crippen LogP contribution in [0.2, 0.25) is 5.02 Å². The summed E-state index contributed by atoms with van der Waals surface area (Å²) in [6.45, 7) is 7.56. The van der Waals surface area contributed by atoms with Crippen molar-refractivity contribution in [2.45, 2.75) is 33.2 Å². The SMILES string of the molecule is CCCN(CCC)Cc1cc(Cl)ccn1. The molecular weight excluding hydrogens is 208 g/mol. The summed E-state index contributed by atoms with van der Waals surface area (Å²) < 4.78 is 0. The van der Waals surface area contributed by atoms with E-state index in [1.807, 2.05) is 12.1 Å². The van der Waals surface area contributed by atoms with E-state index in [0.717, 1.165) is 30.4 Å². The Morgan fingerprint density at radius 2 is 1.93 bits per heavy atom. The first-order valence-corrected chi connectivity index (χ1v) is 5.96. The van der Waals surface area contributed by atoms with E-state index in [1.165, 1.54) is 12.8 Å². The largest absolute Gasteiger partial charge is 0.298 e. The quantitative estimate of drug-likeness (QED) is 0.740. The Morgan fingerprint density at radius 1 is 1.27 bits per heavy atom. The normalized spacial score (nSPS) is 10.9. The first-order chi connectivity index (χ1) is 7.26. The average Bonchev–Trinajstić information content (AvgIpc) is 2.18. The molecule has 0 aliphatic carbocycles. The van der Waals surface area contributed by atoms with E-state index in [1.54, 1.807) is 6.20 Å². The Hall–Kier alpha value is -0.600. The van der Waals surface area contributed by atoms with Gasteiger partial charge in [-0.3, -0.25) is 9.88 Å². The molecular formula is C12H19ClN2. The summed E-state index contributed by atoms with van der Waals surface area (Å²) in [6, 6.07) is 3.76. The summed E-state index contributed by atoms with van der Waals surface area (Å²) in [4.78, 5) is 6.73. The first-order valence-electron chi connectivity index (χ1n) is 5.59. The predicted molar refractivity (Wildman–Crippen MR) is 65.1 cm³/mol. The lowest BCUT2D eigenvalue weighted by Crippen LogP contribution is -2.25. The lowest BCUT2D eigenvalue weighted by atomic mass is 10.3. The van der Waals surface area contributed by atoms with Crippen LogP contribution in [-0.2, 0) is 6.54 Å². The molecule has 0 fully saturated rings. The molecule has 0 radical (unpaired) electrons. The van der Waals surface area contributed by atoms with Crippen molar-refractivity contribution in [3.05, 3.63) is 29.0 Å². The van der Waals surface area contributed by atoms with Gasteiger partial charge < -0.3 is 0 Å². The standard InChI is InChI=1S/C12H19ClN2/c1-3-7-15(8-4-2)10-12-9-11(13)5-6-14-12/h5-6,9H,3-4,7-8,10H2,1-2H3. The molecule has 2 nitrogen and oxygen atoms in total. The van der Waals surface area contributed by atoms with Crippen molar-refractivity contribution in [2.75, 3.05) is 13.1 Å². The maximum absolute atomic E-state index is 5.92. The number of halogens is 1. The van der Waals surface area contributed by atoms with Crippen molar-refractivity contribution in [3.8, 4) is 0 Å². The fraction of sp³-hybridized carbons (Fsp3) is 0.583. The Kier molecular flexibility index (Phi) is 5.66. The minimum atomic E-state index is 0.771. The first kappa shape index (κ1) is 12.5. The second-order valence-electron chi connectivity index (χ2n) is 3.74. The highest BCUT2D eigenvalue weighted by atomic mass is 35.5. The fourth-order valence-corrected chi connectivity index (χ4v) is 1.85. The molecule has 0 aliphatic heterocycles. The summed E-state index contributed by atoms with van der Waals surface area (Å²) in [5.74, 6) is 0. The van der Waals surface area contributed by atoms with Gasteiger partial charge in [-0.1, -0.05) is 25.4 Å². The molecule has 0 saturated carbocycles. The van der Waals surface area contributed by atoms with Gasteiger partial charge in [-0.15, -0.1) is 0 Å². The van der Waals surface area contributed by atoms with E-state index >= 15 is 0 Å². The van der Waals surface area contributed by atoms with Gasteiger partial charge in [0.25, 0.3) is 0 Å². The number of hydrogen-bond acceptors (Lipinski definition) is 2. The monoisotopic (exact) mass is 226 g/mol. The molecule has 0 saturated heterocycles. The highest BCUT2D eigenvalue weighted by Gasteiger charge is 2.04. The van der Waals surface area contributed by atoms with Crippen molar-refractivity contribution in [2.24, 2.45) is 0 Å². The van der Waals surface area contributed by atoms with E-state index in [0.29, 0.717) is 0 Å². The lowest BCUT2D eigenvalue weighted by Gasteiger charge is -2.20. The second-order valence-corrected chi connectivity index (χ2v) is 4.18. The summed E-state index contributed by atoms with van der Waals surface area (Å²) in [6.07, 6.45) is 4.13. The van der Waals surface area contributed by atoms with Gasteiger partial charge >= 0.3 is 0 Å². The summed E-state index contributed by atoms with van der Waals surface area (Å²) >= 11 is 5.92. The van der Waals surface area contributed by atoms with Crippen LogP contribution in [-0.4, -0.2) is 23.0 Å². The van der Waals surface area contributed by atoms with Crippen molar-refractivity contribution >= 4 is 11.6 Å². The Labute approximate surface area is 97.3 Å². The van der Waals surface area contributed by atoms with Crippen LogP contribution in [0.3, 0.4) is 0 Å². The molecule has 0 aliphatic rings. The van der Waals surface area contributed by atoms with Gasteiger partial charge in [0.05, 0.1) is 5.69 Å². The molecule has 0 aromatic carbocycles. The molecule has 3 heteroatoms. The molecule has 84 valence electrons. The van der Waals surface area contributed by atoms with E-state index < -0.39 is 0 Å². The molecule has 1 aromatic heterocycles. The van der Waals surface area contributed by atoms with E-state index in [2.05, 4.69) is 23.7 Å². The van der Waals surface area contributed by atoms with Gasteiger partial charge in [0, 0.05) is 17.8 Å². The predicted octanol–water partition coefficient (Wildman–Crippen LogP) is 3.36. The molecule has 1 aromatic rings. The molecule has 1 rings (SSSR count). The van der Waals surface area contributed by atoms with Gasteiger partial charge in [0.15, 0.2) is 0 Å². The van der Waals surface area contributed by atoms with Crippen LogP contribution in [0.1, 0.15) is 32.4 Å². The van der Waals surface area contributed by atoms with Crippen LogP contribution in [0, 0.1) is 0 Å². The molecule has 0 bridgehead atoms. The molecule has 0 spiro atoms. The van der Waals surface area contributed by atoms with E-state index in [9.17, 15) is 0 Å². The fourth-order valence-electron chi connectivity index (χ4n) is 1.67. The highest BCUT2D eigenvalue weighted by molar-refractivity contribution is 6.30. The number of nitrogens with zero attached hydrogens (tertiary/aromatic N) is 2. The number of hydrogen-bond donors (Lipinski definition) is 0. The summed E-state index contributed by atoms with van der Waals surface area (Å²) in [5, 5.41) is 0.771. The zero-order valence-corrected chi connectivity index (χ0v) is 10.3. The minimum Gasteiger partial charge on any atom is -0.298 e. The van der Waals surface area contributed by atoms with Crippen LogP contribution < -0.4 is 0 Å². The molecule has 15 heavy (non-hydrogen) atoms. The van der Waals surface area contributed by atoms with Crippen molar-refractivity contribution in [3.63, 3.8) is 0 Å². The molecule has 0 amide bonds. The number of rotatable bonds is 6. The molecule has 1 heterocycles. The van der Waals surface area contributed by atoms with Crippen LogP contribution in [0.4, 0.5) is 0 Å². The Bertz CT molecular complexity index is 283. The van der Waals surface area contributed by atoms with Crippen LogP contribution in [0.5, 0.6) is 0 Å². The van der Waals surface area contributed by atoms with Gasteiger partial charge in [0.1, 0.15) is 0 Å². The van der Waals surface area contributed by atoms with Crippen LogP contribution in [0.25, 0.3) is 0 Å². The van der Waals surface area contributed by atoms with Crippen LogP contribution >= 0.6 is 11.6 Å². The Balaban J connectivity index is 2.56. The van der Waals surface area contributed by atoms with Crippen molar-refractivity contribution in [1.29, 1.82) is 0 Å². The topological polar surface area (TPSA) is 16.1 Å². The third-order valence-electron chi connectivity index (χ3n) is 2.24. The maximum atomic E-state index is 5.92. The van der Waals surface area contributed by atoms with Gasteiger partial charge in [-0.05, 0) is 38.1 Å². The minimum absolute atomic E-state index is 0.771.